The topological polar surface area (TPSA) is 152 Å². The van der Waals surface area contributed by atoms with Crippen molar-refractivity contribution in [1.82, 2.24) is 24.7 Å². The third-order valence-electron chi connectivity index (χ3n) is 8.50. The summed E-state index contributed by atoms with van der Waals surface area (Å²) in [5.74, 6) is 1.56. The zero-order valence-corrected chi connectivity index (χ0v) is 25.6. The average molecular weight is 629 g/mol. The molecule has 2 aliphatic rings. The Morgan fingerprint density at radius 2 is 2.02 bits per heavy atom. The van der Waals surface area contributed by atoms with Crippen LogP contribution in [0.4, 0.5) is 21.7 Å². The van der Waals surface area contributed by atoms with Crippen LogP contribution in [0.1, 0.15) is 44.2 Å². The number of alkyl halides is 1. The van der Waals surface area contributed by atoms with E-state index in [4.69, 9.17) is 17.3 Å². The molecule has 0 bridgehead atoms. The number of pyridine rings is 1. The van der Waals surface area contributed by atoms with Crippen LogP contribution in [0.25, 0.3) is 22.2 Å². The predicted octanol–water partition coefficient (Wildman–Crippen LogP) is 4.21. The quantitative estimate of drug-likeness (QED) is 0.246. The molecule has 0 spiro atoms. The highest BCUT2D eigenvalue weighted by molar-refractivity contribution is 7.90. The van der Waals surface area contributed by atoms with E-state index in [0.29, 0.717) is 42.4 Å². The summed E-state index contributed by atoms with van der Waals surface area (Å²) in [5, 5.41) is 20.0. The maximum absolute atomic E-state index is 13.4. The summed E-state index contributed by atoms with van der Waals surface area (Å²) in [6.45, 7) is 3.95. The molecule has 1 aliphatic carbocycles. The summed E-state index contributed by atoms with van der Waals surface area (Å²) in [7, 11) is -3.12. The van der Waals surface area contributed by atoms with Crippen LogP contribution in [-0.2, 0) is 9.84 Å². The second-order valence-corrected chi connectivity index (χ2v) is 14.5. The number of sulfone groups is 1. The summed E-state index contributed by atoms with van der Waals surface area (Å²) in [4.78, 5) is 15.7. The molecular weight excluding hydrogens is 595 g/mol. The minimum atomic E-state index is -3.12. The summed E-state index contributed by atoms with van der Waals surface area (Å²) < 4.78 is 38.5. The summed E-state index contributed by atoms with van der Waals surface area (Å²) in [6, 6.07) is 7.29. The molecule has 43 heavy (non-hydrogen) atoms. The number of fused-ring (bicyclic) bond motifs is 1. The Kier molecular flexibility index (Phi) is 7.56. The average Bonchev–Trinajstić information content (AvgIpc) is 3.33. The van der Waals surface area contributed by atoms with Crippen molar-refractivity contribution in [3.05, 3.63) is 53.6 Å². The highest BCUT2D eigenvalue weighted by Gasteiger charge is 2.47. The molecule has 3 aromatic heterocycles. The molecule has 1 aliphatic heterocycles. The highest BCUT2D eigenvalue weighted by atomic mass is 35.5. The van der Waals surface area contributed by atoms with E-state index in [2.05, 4.69) is 45.3 Å². The van der Waals surface area contributed by atoms with Gasteiger partial charge in [-0.1, -0.05) is 31.5 Å². The lowest BCUT2D eigenvalue weighted by molar-refractivity contribution is -0.104. The number of nitrogens with one attached hydrogen (secondary N) is 1. The highest BCUT2D eigenvalue weighted by Crippen LogP contribution is 2.44. The maximum Gasteiger partial charge on any atom is 0.166 e. The van der Waals surface area contributed by atoms with Crippen molar-refractivity contribution in [3.63, 3.8) is 0 Å². The van der Waals surface area contributed by atoms with Gasteiger partial charge in [-0.05, 0) is 47.9 Å². The first kappa shape index (κ1) is 29.7. The van der Waals surface area contributed by atoms with Crippen LogP contribution >= 0.6 is 11.6 Å². The first-order valence-corrected chi connectivity index (χ1v) is 16.6. The molecule has 2 unspecified atom stereocenters. The number of nitrogens with two attached hydrogens (primary N) is 1. The number of aromatic nitrogens is 5. The van der Waals surface area contributed by atoms with Crippen LogP contribution in [0.2, 0.25) is 5.15 Å². The number of halogens is 2. The van der Waals surface area contributed by atoms with Gasteiger partial charge in [-0.2, -0.15) is 5.10 Å². The van der Waals surface area contributed by atoms with E-state index >= 15 is 0 Å². The Morgan fingerprint density at radius 3 is 2.67 bits per heavy atom. The smallest absolute Gasteiger partial charge is 0.166 e. The van der Waals surface area contributed by atoms with Gasteiger partial charge in [0, 0.05) is 48.4 Å². The second kappa shape index (κ2) is 11.0. The standard InChI is InChI=1S/C29H34ClFN8O3S/c1-16(2)18-4-5-22(38-12-17(27(38)32)14-43(3,41)42)20-11-34-25(10-19(18)20)35-24-7-9-33-28(36-24)21-13-39(37-26(21)30)23-6-8-29(23,40)15-31/h4-5,7,9-11,13,16-17,23,27,40H,6,8,12,14-15,32H2,1-3H3,(H,33,34,35,36)/t17-,23?,27+,29?/m1/s1. The molecule has 0 radical (unpaired) electrons. The third kappa shape index (κ3) is 5.54. The van der Waals surface area contributed by atoms with E-state index in [1.807, 2.05) is 17.0 Å². The molecule has 228 valence electrons. The molecular formula is C29H34ClFN8O3S. The minimum Gasteiger partial charge on any atom is -0.385 e. The van der Waals surface area contributed by atoms with Crippen LogP contribution in [0.5, 0.6) is 0 Å². The fraction of sp³-hybridized carbons (Fsp3) is 0.448. The van der Waals surface area contributed by atoms with Crippen molar-refractivity contribution in [2.75, 3.05) is 35.4 Å². The fourth-order valence-electron chi connectivity index (χ4n) is 5.98. The Labute approximate surface area is 254 Å². The molecule has 4 N–H and O–H groups in total. The van der Waals surface area contributed by atoms with Crippen molar-refractivity contribution >= 4 is 49.5 Å². The zero-order valence-electron chi connectivity index (χ0n) is 24.1. The largest absolute Gasteiger partial charge is 0.385 e. The van der Waals surface area contributed by atoms with Crippen LogP contribution in [-0.4, -0.2) is 75.3 Å². The van der Waals surface area contributed by atoms with Gasteiger partial charge >= 0.3 is 0 Å². The van der Waals surface area contributed by atoms with Gasteiger partial charge in [0.25, 0.3) is 0 Å². The van der Waals surface area contributed by atoms with Gasteiger partial charge < -0.3 is 21.1 Å². The first-order chi connectivity index (χ1) is 20.4. The monoisotopic (exact) mass is 628 g/mol. The molecule has 1 saturated heterocycles. The van der Waals surface area contributed by atoms with Crippen molar-refractivity contribution in [3.8, 4) is 11.4 Å². The summed E-state index contributed by atoms with van der Waals surface area (Å²) >= 11 is 6.41. The van der Waals surface area contributed by atoms with E-state index in [9.17, 15) is 17.9 Å². The van der Waals surface area contributed by atoms with E-state index in [-0.39, 0.29) is 22.7 Å². The normalized spacial score (nSPS) is 23.8. The van der Waals surface area contributed by atoms with Crippen molar-refractivity contribution in [2.45, 2.75) is 50.4 Å². The Hall–Kier alpha value is -3.39. The number of aliphatic hydroxyl groups is 1. The molecule has 4 atom stereocenters. The number of anilines is 3. The minimum absolute atomic E-state index is 0.0618. The van der Waals surface area contributed by atoms with E-state index in [0.717, 1.165) is 22.0 Å². The lowest BCUT2D eigenvalue weighted by Crippen LogP contribution is -2.63. The van der Waals surface area contributed by atoms with Gasteiger partial charge in [0.15, 0.2) is 11.0 Å². The molecule has 6 rings (SSSR count). The van der Waals surface area contributed by atoms with Gasteiger partial charge in [0.05, 0.1) is 23.5 Å². The van der Waals surface area contributed by atoms with Gasteiger partial charge in [-0.15, -0.1) is 0 Å². The number of hydrogen-bond donors (Lipinski definition) is 3. The fourth-order valence-corrected chi connectivity index (χ4v) is 7.28. The SMILES string of the molecule is CC(C)c1ccc(N2C[C@H](CS(C)(=O)=O)[C@H]2N)c2cnc(Nc3ccnc(-c4cn(C5CCC5(O)CF)nc4Cl)n3)cc12. The second-order valence-electron chi connectivity index (χ2n) is 11.9. The Balaban J connectivity index is 1.27. The molecule has 0 amide bonds. The van der Waals surface area contributed by atoms with E-state index < -0.39 is 34.3 Å². The number of nitrogens with zero attached hydrogens (tertiary/aromatic N) is 6. The van der Waals surface area contributed by atoms with E-state index in [1.54, 1.807) is 24.7 Å². The molecule has 14 heteroatoms. The maximum atomic E-state index is 13.4. The van der Waals surface area contributed by atoms with Crippen LogP contribution in [0.15, 0.2) is 42.9 Å². The third-order valence-corrected chi connectivity index (χ3v) is 9.81. The number of benzene rings is 1. The number of hydrogen-bond acceptors (Lipinski definition) is 10. The summed E-state index contributed by atoms with van der Waals surface area (Å²) in [6.07, 6.45) is 6.82. The van der Waals surface area contributed by atoms with Crippen molar-refractivity contribution in [1.29, 1.82) is 0 Å². The molecule has 4 aromatic rings. The molecule has 1 saturated carbocycles. The first-order valence-electron chi connectivity index (χ1n) is 14.1. The van der Waals surface area contributed by atoms with Crippen molar-refractivity contribution < 1.29 is 17.9 Å². The Morgan fingerprint density at radius 1 is 1.23 bits per heavy atom. The van der Waals surface area contributed by atoms with Crippen LogP contribution < -0.4 is 16.0 Å². The molecule has 4 heterocycles. The van der Waals surface area contributed by atoms with Gasteiger partial charge in [-0.3, -0.25) is 4.68 Å². The van der Waals surface area contributed by atoms with Gasteiger partial charge in [-0.25, -0.2) is 27.8 Å². The van der Waals surface area contributed by atoms with Crippen LogP contribution in [0, 0.1) is 5.92 Å². The van der Waals surface area contributed by atoms with Gasteiger partial charge in [0.2, 0.25) is 0 Å². The predicted molar refractivity (Wildman–Crippen MR) is 165 cm³/mol. The molecule has 11 nitrogen and oxygen atoms in total. The number of rotatable bonds is 9. The lowest BCUT2D eigenvalue weighted by atomic mass is 9.76. The van der Waals surface area contributed by atoms with Crippen molar-refractivity contribution in [2.24, 2.45) is 11.7 Å². The zero-order chi connectivity index (χ0) is 30.7. The Bertz CT molecular complexity index is 1800. The van der Waals surface area contributed by atoms with Crippen LogP contribution in [0.3, 0.4) is 0 Å². The van der Waals surface area contributed by atoms with Gasteiger partial charge in [0.1, 0.15) is 33.7 Å². The lowest BCUT2D eigenvalue weighted by Gasteiger charge is -2.47. The molecule has 1 aromatic carbocycles. The molecule has 2 fully saturated rings. The summed E-state index contributed by atoms with van der Waals surface area (Å²) in [5.41, 5.74) is 7.50. The van der Waals surface area contributed by atoms with E-state index in [1.165, 1.54) is 10.9 Å².